The van der Waals surface area contributed by atoms with Crippen LogP contribution in [-0.4, -0.2) is 19.4 Å². The molecule has 0 spiro atoms. The molecular formula is C23H26N2O2S. The van der Waals surface area contributed by atoms with Gasteiger partial charge in [0.15, 0.2) is 0 Å². The molecule has 0 radical (unpaired) electrons. The molecule has 5 heteroatoms. The van der Waals surface area contributed by atoms with E-state index >= 15 is 0 Å². The summed E-state index contributed by atoms with van der Waals surface area (Å²) in [4.78, 5) is 0.339. The van der Waals surface area contributed by atoms with Gasteiger partial charge in [0.2, 0.25) is 0 Å². The van der Waals surface area contributed by atoms with Crippen molar-refractivity contribution >= 4 is 10.0 Å². The van der Waals surface area contributed by atoms with Crippen molar-refractivity contribution in [1.29, 1.82) is 0 Å². The third-order valence-electron chi connectivity index (χ3n) is 5.71. The monoisotopic (exact) mass is 394 g/mol. The first-order valence-corrected chi connectivity index (χ1v) is 11.2. The smallest absolute Gasteiger partial charge is 0.268 e. The number of aryl methyl sites for hydroxylation is 3. The number of hydrogen-bond donors (Lipinski definition) is 1. The van der Waals surface area contributed by atoms with Gasteiger partial charge in [0, 0.05) is 18.3 Å². The fraction of sp³-hybridized carbons (Fsp3) is 0.304. The molecule has 4 nitrogen and oxygen atoms in total. The Balaban J connectivity index is 2.00. The van der Waals surface area contributed by atoms with E-state index in [-0.39, 0.29) is 0 Å². The van der Waals surface area contributed by atoms with Crippen LogP contribution in [0.15, 0.2) is 53.6 Å². The lowest BCUT2D eigenvalue weighted by molar-refractivity contribution is 0.587. The fourth-order valence-electron chi connectivity index (χ4n) is 4.07. The SMILES string of the molecule is CNCc1cn(S(=O)(=O)c2ccc(C)c(C)c2)c2c1CCCc1ccccc1-2. The highest BCUT2D eigenvalue weighted by molar-refractivity contribution is 7.90. The Labute approximate surface area is 167 Å². The van der Waals surface area contributed by atoms with Gasteiger partial charge in [-0.1, -0.05) is 30.3 Å². The quantitative estimate of drug-likeness (QED) is 0.721. The topological polar surface area (TPSA) is 51.1 Å². The second-order valence-corrected chi connectivity index (χ2v) is 9.38. The molecule has 0 bridgehead atoms. The van der Waals surface area contributed by atoms with Crippen molar-refractivity contribution in [2.75, 3.05) is 7.05 Å². The Kier molecular flexibility index (Phi) is 4.89. The summed E-state index contributed by atoms with van der Waals surface area (Å²) < 4.78 is 28.8. The molecule has 28 heavy (non-hydrogen) atoms. The van der Waals surface area contributed by atoms with Gasteiger partial charge >= 0.3 is 0 Å². The van der Waals surface area contributed by atoms with E-state index in [1.807, 2.05) is 45.3 Å². The molecule has 146 valence electrons. The number of nitrogens with zero attached hydrogens (tertiary/aromatic N) is 1. The van der Waals surface area contributed by atoms with Crippen molar-refractivity contribution in [3.63, 3.8) is 0 Å². The Bertz CT molecular complexity index is 1140. The van der Waals surface area contributed by atoms with Crippen molar-refractivity contribution in [3.8, 4) is 11.3 Å². The van der Waals surface area contributed by atoms with Crippen LogP contribution in [-0.2, 0) is 29.4 Å². The predicted octanol–water partition coefficient (Wildman–Crippen LogP) is 4.22. The van der Waals surface area contributed by atoms with Crippen LogP contribution in [0.1, 0.15) is 34.2 Å². The molecule has 0 amide bonds. The molecular weight excluding hydrogens is 368 g/mol. The summed E-state index contributed by atoms with van der Waals surface area (Å²) >= 11 is 0. The van der Waals surface area contributed by atoms with Crippen molar-refractivity contribution in [3.05, 3.63) is 76.5 Å². The van der Waals surface area contributed by atoms with E-state index in [1.54, 1.807) is 12.1 Å². The standard InChI is InChI=1S/C23H26N2O2S/c1-16-11-12-20(13-17(16)2)28(26,27)25-15-19(14-24-3)22-10-6-8-18-7-4-5-9-21(18)23(22)25/h4-5,7,9,11-13,15,24H,6,8,10,14H2,1-3H3. The summed E-state index contributed by atoms with van der Waals surface area (Å²) in [7, 11) is -1.79. The molecule has 0 aliphatic heterocycles. The average molecular weight is 395 g/mol. The van der Waals surface area contributed by atoms with Crippen LogP contribution in [0.5, 0.6) is 0 Å². The number of hydrogen-bond acceptors (Lipinski definition) is 3. The normalized spacial score (nSPS) is 13.7. The van der Waals surface area contributed by atoms with E-state index in [1.165, 1.54) is 9.54 Å². The molecule has 1 aromatic heterocycles. The number of aromatic nitrogens is 1. The first-order valence-electron chi connectivity index (χ1n) is 9.72. The molecule has 1 heterocycles. The first-order chi connectivity index (χ1) is 13.4. The molecule has 0 saturated heterocycles. The maximum absolute atomic E-state index is 13.7. The zero-order chi connectivity index (χ0) is 19.9. The second-order valence-electron chi connectivity index (χ2n) is 7.57. The summed E-state index contributed by atoms with van der Waals surface area (Å²) in [5.74, 6) is 0. The zero-order valence-corrected chi connectivity index (χ0v) is 17.4. The summed E-state index contributed by atoms with van der Waals surface area (Å²) in [6.07, 6.45) is 4.69. The third-order valence-corrected chi connectivity index (χ3v) is 7.37. The summed E-state index contributed by atoms with van der Waals surface area (Å²) in [5.41, 5.74) is 7.35. The molecule has 0 atom stereocenters. The van der Waals surface area contributed by atoms with Crippen LogP contribution in [0.25, 0.3) is 11.3 Å². The molecule has 2 aromatic carbocycles. The van der Waals surface area contributed by atoms with Crippen molar-refractivity contribution < 1.29 is 8.42 Å². The van der Waals surface area contributed by atoms with Crippen molar-refractivity contribution in [2.24, 2.45) is 0 Å². The molecule has 1 aliphatic rings. The highest BCUT2D eigenvalue weighted by Gasteiger charge is 2.28. The number of fused-ring (bicyclic) bond motifs is 3. The molecule has 4 rings (SSSR count). The van der Waals surface area contributed by atoms with Gasteiger partial charge in [0.25, 0.3) is 10.0 Å². The minimum absolute atomic E-state index is 0.339. The van der Waals surface area contributed by atoms with Gasteiger partial charge in [0.1, 0.15) is 0 Å². The number of rotatable bonds is 4. The fourth-order valence-corrected chi connectivity index (χ4v) is 5.58. The van der Waals surface area contributed by atoms with Crippen molar-refractivity contribution in [1.82, 2.24) is 9.29 Å². The van der Waals surface area contributed by atoms with E-state index in [4.69, 9.17) is 0 Å². The number of nitrogens with one attached hydrogen (secondary N) is 1. The maximum Gasteiger partial charge on any atom is 0.268 e. The van der Waals surface area contributed by atoms with E-state index < -0.39 is 10.0 Å². The molecule has 0 unspecified atom stereocenters. The molecule has 0 saturated carbocycles. The maximum atomic E-state index is 13.7. The van der Waals surface area contributed by atoms with E-state index in [9.17, 15) is 8.42 Å². The van der Waals surface area contributed by atoms with E-state index in [2.05, 4.69) is 17.4 Å². The van der Waals surface area contributed by atoms with Gasteiger partial charge in [0.05, 0.1) is 10.6 Å². The zero-order valence-electron chi connectivity index (χ0n) is 16.6. The van der Waals surface area contributed by atoms with Crippen LogP contribution >= 0.6 is 0 Å². The lowest BCUT2D eigenvalue weighted by atomic mass is 10.0. The minimum atomic E-state index is -3.69. The van der Waals surface area contributed by atoms with Gasteiger partial charge in [-0.3, -0.25) is 0 Å². The van der Waals surface area contributed by atoms with Crippen LogP contribution in [0.3, 0.4) is 0 Å². The first kappa shape index (κ1) is 19.0. The van der Waals surface area contributed by atoms with Crippen LogP contribution in [0.2, 0.25) is 0 Å². The lowest BCUT2D eigenvalue weighted by Gasteiger charge is -2.14. The second kappa shape index (κ2) is 7.22. The Hall–Kier alpha value is -2.37. The molecule has 1 N–H and O–H groups in total. The predicted molar refractivity (Wildman–Crippen MR) is 113 cm³/mol. The van der Waals surface area contributed by atoms with E-state index in [0.29, 0.717) is 11.4 Å². The van der Waals surface area contributed by atoms with Gasteiger partial charge in [-0.25, -0.2) is 12.4 Å². The largest absolute Gasteiger partial charge is 0.316 e. The van der Waals surface area contributed by atoms with Gasteiger partial charge in [-0.15, -0.1) is 0 Å². The number of benzene rings is 2. The van der Waals surface area contributed by atoms with Gasteiger partial charge < -0.3 is 5.32 Å². The van der Waals surface area contributed by atoms with Crippen LogP contribution in [0.4, 0.5) is 0 Å². The third kappa shape index (κ3) is 3.09. The Morgan fingerprint density at radius 3 is 2.57 bits per heavy atom. The summed E-state index contributed by atoms with van der Waals surface area (Å²) in [5, 5.41) is 3.19. The van der Waals surface area contributed by atoms with E-state index in [0.717, 1.165) is 52.8 Å². The van der Waals surface area contributed by atoms with Crippen LogP contribution < -0.4 is 5.32 Å². The van der Waals surface area contributed by atoms with Crippen LogP contribution in [0, 0.1) is 13.8 Å². The lowest BCUT2D eigenvalue weighted by Crippen LogP contribution is -2.14. The Morgan fingerprint density at radius 2 is 1.82 bits per heavy atom. The molecule has 0 fully saturated rings. The minimum Gasteiger partial charge on any atom is -0.316 e. The highest BCUT2D eigenvalue weighted by Crippen LogP contribution is 2.37. The van der Waals surface area contributed by atoms with Crippen molar-refractivity contribution in [2.45, 2.75) is 44.6 Å². The molecule has 3 aromatic rings. The van der Waals surface area contributed by atoms with Gasteiger partial charge in [-0.05, 0) is 80.1 Å². The Morgan fingerprint density at radius 1 is 1.04 bits per heavy atom. The molecule has 1 aliphatic carbocycles. The summed E-state index contributed by atoms with van der Waals surface area (Å²) in [6, 6.07) is 13.6. The highest BCUT2D eigenvalue weighted by atomic mass is 32.2. The summed E-state index contributed by atoms with van der Waals surface area (Å²) in [6.45, 7) is 4.60. The van der Waals surface area contributed by atoms with Gasteiger partial charge in [-0.2, -0.15) is 0 Å². The average Bonchev–Trinajstić information content (AvgIpc) is 2.92.